The van der Waals surface area contributed by atoms with Gasteiger partial charge in [-0.2, -0.15) is 0 Å². The molecule has 1 aromatic heterocycles. The SMILES string of the molecule is O=c1ccn(CCCCCNNC2(c3ccc(F)c(OCC4CC4)c3)CCC2)c(=O)[nH]1. The number of H-pyrrole nitrogens is 1. The fourth-order valence-corrected chi connectivity index (χ4v) is 3.94. The number of nitrogens with one attached hydrogen (secondary N) is 3. The molecule has 8 heteroatoms. The van der Waals surface area contributed by atoms with Crippen LogP contribution in [-0.4, -0.2) is 22.7 Å². The summed E-state index contributed by atoms with van der Waals surface area (Å²) in [5.41, 5.74) is 6.97. The Hall–Kier alpha value is -2.45. The van der Waals surface area contributed by atoms with Crippen LogP contribution in [0, 0.1) is 11.7 Å². The minimum atomic E-state index is -0.371. The third-order valence-electron chi connectivity index (χ3n) is 6.29. The van der Waals surface area contributed by atoms with Crippen molar-refractivity contribution in [3.63, 3.8) is 0 Å². The summed E-state index contributed by atoms with van der Waals surface area (Å²) in [6.07, 6.45) is 9.81. The van der Waals surface area contributed by atoms with E-state index in [4.69, 9.17) is 4.74 Å². The standard InChI is InChI=1S/C23H31FN4O3/c24-19-8-7-18(15-20(19)31-16-17-5-6-17)23(10-4-11-23)27-25-12-2-1-3-13-28-14-9-21(29)26-22(28)30/h7-9,14-15,17,25,27H,1-6,10-13,16H2,(H,26,29,30). The first-order valence-corrected chi connectivity index (χ1v) is 11.3. The molecule has 168 valence electrons. The maximum Gasteiger partial charge on any atom is 0.328 e. The zero-order valence-electron chi connectivity index (χ0n) is 17.8. The Labute approximate surface area is 181 Å². The molecule has 0 aliphatic heterocycles. The number of aromatic amines is 1. The number of hydrogen-bond acceptors (Lipinski definition) is 5. The van der Waals surface area contributed by atoms with Crippen LogP contribution in [0.25, 0.3) is 0 Å². The number of unbranched alkanes of at least 4 members (excludes halogenated alkanes) is 2. The largest absolute Gasteiger partial charge is 0.490 e. The highest BCUT2D eigenvalue weighted by Gasteiger charge is 2.39. The lowest BCUT2D eigenvalue weighted by Gasteiger charge is -2.43. The normalized spacial score (nSPS) is 17.3. The van der Waals surface area contributed by atoms with Gasteiger partial charge in [0.25, 0.3) is 5.56 Å². The molecule has 7 nitrogen and oxygen atoms in total. The highest BCUT2D eigenvalue weighted by Crippen LogP contribution is 2.42. The zero-order chi connectivity index (χ0) is 21.7. The molecule has 3 N–H and O–H groups in total. The smallest absolute Gasteiger partial charge is 0.328 e. The second-order valence-corrected chi connectivity index (χ2v) is 8.75. The summed E-state index contributed by atoms with van der Waals surface area (Å²) in [5.74, 6) is 0.645. The van der Waals surface area contributed by atoms with Gasteiger partial charge in [-0.3, -0.25) is 15.2 Å². The second kappa shape index (κ2) is 9.78. The third-order valence-corrected chi connectivity index (χ3v) is 6.29. The average Bonchev–Trinajstić information content (AvgIpc) is 3.54. The molecule has 2 aliphatic rings. The van der Waals surface area contributed by atoms with E-state index in [1.54, 1.807) is 0 Å². The van der Waals surface area contributed by atoms with E-state index in [-0.39, 0.29) is 22.6 Å². The Morgan fingerprint density at radius 1 is 1.16 bits per heavy atom. The molecule has 2 aromatic rings. The van der Waals surface area contributed by atoms with E-state index in [0.717, 1.165) is 50.6 Å². The van der Waals surface area contributed by atoms with Crippen molar-refractivity contribution in [2.45, 2.75) is 63.5 Å². The molecule has 0 radical (unpaired) electrons. The quantitative estimate of drug-likeness (QED) is 0.356. The average molecular weight is 431 g/mol. The van der Waals surface area contributed by atoms with Crippen LogP contribution < -0.4 is 26.8 Å². The van der Waals surface area contributed by atoms with Gasteiger partial charge < -0.3 is 9.30 Å². The Bertz CT molecular complexity index is 995. The zero-order valence-corrected chi connectivity index (χ0v) is 17.8. The Kier molecular flexibility index (Phi) is 6.87. The highest BCUT2D eigenvalue weighted by atomic mass is 19.1. The van der Waals surface area contributed by atoms with E-state index in [9.17, 15) is 14.0 Å². The van der Waals surface area contributed by atoms with Gasteiger partial charge in [0, 0.05) is 25.4 Å². The predicted octanol–water partition coefficient (Wildman–Crippen LogP) is 2.81. The molecule has 2 saturated carbocycles. The van der Waals surface area contributed by atoms with Crippen molar-refractivity contribution in [2.75, 3.05) is 13.2 Å². The fraction of sp³-hybridized carbons (Fsp3) is 0.565. The first-order chi connectivity index (χ1) is 15.1. The van der Waals surface area contributed by atoms with Gasteiger partial charge >= 0.3 is 5.69 Å². The molecular weight excluding hydrogens is 399 g/mol. The van der Waals surface area contributed by atoms with Crippen molar-refractivity contribution in [1.29, 1.82) is 0 Å². The van der Waals surface area contributed by atoms with E-state index in [1.807, 2.05) is 12.1 Å². The maximum absolute atomic E-state index is 14.1. The molecule has 0 unspecified atom stereocenters. The molecular formula is C23H31FN4O3. The van der Waals surface area contributed by atoms with Crippen LogP contribution in [0.1, 0.15) is 56.9 Å². The van der Waals surface area contributed by atoms with Crippen LogP contribution in [0.4, 0.5) is 4.39 Å². The molecule has 2 aliphatic carbocycles. The number of hydrazine groups is 1. The van der Waals surface area contributed by atoms with Gasteiger partial charge in [0.1, 0.15) is 0 Å². The Morgan fingerprint density at radius 2 is 2.00 bits per heavy atom. The Balaban J connectivity index is 1.21. The summed E-state index contributed by atoms with van der Waals surface area (Å²) in [5, 5.41) is 0. The summed E-state index contributed by atoms with van der Waals surface area (Å²) < 4.78 is 21.4. The van der Waals surface area contributed by atoms with Crippen LogP contribution in [-0.2, 0) is 12.1 Å². The van der Waals surface area contributed by atoms with E-state index < -0.39 is 0 Å². The minimum absolute atomic E-state index is 0.172. The van der Waals surface area contributed by atoms with Gasteiger partial charge in [0.05, 0.1) is 12.1 Å². The van der Waals surface area contributed by atoms with Gasteiger partial charge in [-0.25, -0.2) is 14.6 Å². The molecule has 0 atom stereocenters. The number of aryl methyl sites for hydroxylation is 1. The lowest BCUT2D eigenvalue weighted by Crippen LogP contribution is -2.54. The number of ether oxygens (including phenoxy) is 1. The van der Waals surface area contributed by atoms with Crippen LogP contribution in [0.5, 0.6) is 5.75 Å². The second-order valence-electron chi connectivity index (χ2n) is 8.75. The molecule has 2 fully saturated rings. The topological polar surface area (TPSA) is 88.2 Å². The number of aromatic nitrogens is 2. The predicted molar refractivity (Wildman–Crippen MR) is 116 cm³/mol. The molecule has 0 bridgehead atoms. The minimum Gasteiger partial charge on any atom is -0.490 e. The molecule has 4 rings (SSSR count). The van der Waals surface area contributed by atoms with Crippen LogP contribution in [0.15, 0.2) is 40.1 Å². The van der Waals surface area contributed by atoms with Crippen molar-refractivity contribution >= 4 is 0 Å². The van der Waals surface area contributed by atoms with Gasteiger partial charge in [0.15, 0.2) is 11.6 Å². The fourth-order valence-electron chi connectivity index (χ4n) is 3.94. The lowest BCUT2D eigenvalue weighted by atomic mass is 9.72. The van der Waals surface area contributed by atoms with Crippen LogP contribution in [0.2, 0.25) is 0 Å². The number of rotatable bonds is 12. The summed E-state index contributed by atoms with van der Waals surface area (Å²) in [7, 11) is 0. The van der Waals surface area contributed by atoms with E-state index in [1.165, 1.54) is 35.7 Å². The van der Waals surface area contributed by atoms with Crippen LogP contribution in [0.3, 0.4) is 0 Å². The molecule has 0 saturated heterocycles. The van der Waals surface area contributed by atoms with Crippen molar-refractivity contribution < 1.29 is 9.13 Å². The Morgan fingerprint density at radius 3 is 2.71 bits per heavy atom. The van der Waals surface area contributed by atoms with Crippen molar-refractivity contribution in [2.24, 2.45) is 5.92 Å². The first-order valence-electron chi connectivity index (χ1n) is 11.3. The van der Waals surface area contributed by atoms with E-state index in [0.29, 0.717) is 24.8 Å². The summed E-state index contributed by atoms with van der Waals surface area (Å²) in [6, 6.07) is 6.59. The monoisotopic (exact) mass is 430 g/mol. The number of halogens is 1. The first kappa shape index (κ1) is 21.8. The van der Waals surface area contributed by atoms with Gasteiger partial charge in [0.2, 0.25) is 0 Å². The van der Waals surface area contributed by atoms with Gasteiger partial charge in [-0.15, -0.1) is 0 Å². The molecule has 1 heterocycles. The van der Waals surface area contributed by atoms with Crippen molar-refractivity contribution in [3.05, 3.63) is 62.7 Å². The lowest BCUT2D eigenvalue weighted by molar-refractivity contribution is 0.157. The number of benzene rings is 1. The van der Waals surface area contributed by atoms with Gasteiger partial charge in [-0.05, 0) is 68.6 Å². The van der Waals surface area contributed by atoms with Crippen molar-refractivity contribution in [1.82, 2.24) is 20.4 Å². The summed E-state index contributed by atoms with van der Waals surface area (Å²) >= 11 is 0. The number of nitrogens with zero attached hydrogens (tertiary/aromatic N) is 1. The third kappa shape index (κ3) is 5.62. The van der Waals surface area contributed by atoms with Crippen LogP contribution >= 0.6 is 0 Å². The maximum atomic E-state index is 14.1. The van der Waals surface area contributed by atoms with E-state index in [2.05, 4.69) is 15.8 Å². The number of hydrogen-bond donors (Lipinski definition) is 3. The molecule has 31 heavy (non-hydrogen) atoms. The summed E-state index contributed by atoms with van der Waals surface area (Å²) in [4.78, 5) is 25.0. The van der Waals surface area contributed by atoms with E-state index >= 15 is 0 Å². The van der Waals surface area contributed by atoms with Gasteiger partial charge in [-0.1, -0.05) is 12.5 Å². The molecule has 0 spiro atoms. The highest BCUT2D eigenvalue weighted by molar-refractivity contribution is 5.36. The summed E-state index contributed by atoms with van der Waals surface area (Å²) in [6.45, 7) is 1.99. The van der Waals surface area contributed by atoms with Crippen molar-refractivity contribution in [3.8, 4) is 5.75 Å². The molecule has 1 aromatic carbocycles. The molecule has 0 amide bonds.